The molecule has 4 rings (SSSR count). The molecule has 1 aliphatic carbocycles. The Balaban J connectivity index is 1.65. The highest BCUT2D eigenvalue weighted by molar-refractivity contribution is 5.58. The summed E-state index contributed by atoms with van der Waals surface area (Å²) < 4.78 is 11.7. The van der Waals surface area contributed by atoms with Gasteiger partial charge < -0.3 is 4.74 Å². The molecule has 22 heavy (non-hydrogen) atoms. The first-order valence-corrected chi connectivity index (χ1v) is 6.87. The second-order valence-corrected chi connectivity index (χ2v) is 5.12. The Kier molecular flexibility index (Phi) is 2.95. The number of tetrazole rings is 1. The van der Waals surface area contributed by atoms with E-state index in [1.165, 1.54) is 17.5 Å². The maximum atomic E-state index is 11.0. The lowest BCUT2D eigenvalue weighted by molar-refractivity contribution is 0.269. The van der Waals surface area contributed by atoms with Gasteiger partial charge in [0.1, 0.15) is 0 Å². The van der Waals surface area contributed by atoms with Crippen molar-refractivity contribution >= 4 is 0 Å². The minimum absolute atomic E-state index is 0.345. The predicted octanol–water partition coefficient (Wildman–Crippen LogP) is 0.794. The molecule has 0 aliphatic heterocycles. The topological polar surface area (TPSA) is 112 Å². The van der Waals surface area contributed by atoms with Gasteiger partial charge >= 0.3 is 11.8 Å². The van der Waals surface area contributed by atoms with E-state index in [9.17, 15) is 4.79 Å². The summed E-state index contributed by atoms with van der Waals surface area (Å²) in [5.74, 6) is 0.355. The molecule has 1 aliphatic rings. The molecule has 2 heterocycles. The van der Waals surface area contributed by atoms with Crippen molar-refractivity contribution in [2.24, 2.45) is 5.92 Å². The molecule has 1 N–H and O–H groups in total. The van der Waals surface area contributed by atoms with Crippen LogP contribution in [0.15, 0.2) is 33.6 Å². The molecule has 0 saturated heterocycles. The van der Waals surface area contributed by atoms with E-state index in [2.05, 4.69) is 30.2 Å². The summed E-state index contributed by atoms with van der Waals surface area (Å²) in [6.07, 6.45) is 2.38. The van der Waals surface area contributed by atoms with Gasteiger partial charge in [0.25, 0.3) is 0 Å². The lowest BCUT2D eigenvalue weighted by Gasteiger charge is -2.06. The zero-order valence-electron chi connectivity index (χ0n) is 11.5. The van der Waals surface area contributed by atoms with Gasteiger partial charge in [0.2, 0.25) is 0 Å². The monoisotopic (exact) mass is 300 g/mol. The van der Waals surface area contributed by atoms with Crippen LogP contribution in [-0.2, 0) is 0 Å². The van der Waals surface area contributed by atoms with Crippen LogP contribution in [0.25, 0.3) is 17.1 Å². The molecule has 0 atom stereocenters. The standard InChI is InChI=1S/C13H12N6O3/c20-13-14-11(16-22-13)9-2-1-3-10(6-9)19-12(15-17-18-19)21-7-8-4-5-8/h1-3,6,8H,4-5,7H2,(H,14,16,20). The molecule has 0 spiro atoms. The third-order valence-electron chi connectivity index (χ3n) is 3.39. The molecule has 9 nitrogen and oxygen atoms in total. The Morgan fingerprint density at radius 3 is 3.09 bits per heavy atom. The number of aromatic amines is 1. The normalized spacial score (nSPS) is 14.2. The van der Waals surface area contributed by atoms with E-state index < -0.39 is 5.76 Å². The second-order valence-electron chi connectivity index (χ2n) is 5.12. The number of nitrogens with one attached hydrogen (secondary N) is 1. The van der Waals surface area contributed by atoms with Crippen LogP contribution < -0.4 is 10.5 Å². The number of nitrogens with zero attached hydrogens (tertiary/aromatic N) is 5. The first kappa shape index (κ1) is 12.7. The van der Waals surface area contributed by atoms with Gasteiger partial charge in [0.05, 0.1) is 12.3 Å². The van der Waals surface area contributed by atoms with E-state index in [1.54, 1.807) is 12.1 Å². The minimum atomic E-state index is -0.601. The van der Waals surface area contributed by atoms with Gasteiger partial charge in [-0.25, -0.2) is 4.79 Å². The first-order chi connectivity index (χ1) is 10.8. The Morgan fingerprint density at radius 2 is 2.32 bits per heavy atom. The molecular weight excluding hydrogens is 288 g/mol. The zero-order chi connectivity index (χ0) is 14.9. The van der Waals surface area contributed by atoms with Gasteiger partial charge in [0, 0.05) is 5.56 Å². The molecule has 0 amide bonds. The van der Waals surface area contributed by atoms with Crippen LogP contribution in [-0.4, -0.2) is 37.0 Å². The average molecular weight is 300 g/mol. The molecule has 3 aromatic rings. The van der Waals surface area contributed by atoms with Crippen LogP contribution in [0.3, 0.4) is 0 Å². The summed E-state index contributed by atoms with van der Waals surface area (Å²) in [4.78, 5) is 13.5. The molecule has 1 saturated carbocycles. The largest absolute Gasteiger partial charge is 0.462 e. The number of hydrogen-bond acceptors (Lipinski definition) is 7. The maximum absolute atomic E-state index is 11.0. The van der Waals surface area contributed by atoms with Crippen LogP contribution in [0.2, 0.25) is 0 Å². The van der Waals surface area contributed by atoms with Gasteiger partial charge in [-0.2, -0.15) is 4.68 Å². The smallest absolute Gasteiger partial charge is 0.439 e. The fourth-order valence-corrected chi connectivity index (χ4v) is 2.05. The number of ether oxygens (including phenoxy) is 1. The van der Waals surface area contributed by atoms with Crippen molar-refractivity contribution in [3.63, 3.8) is 0 Å². The van der Waals surface area contributed by atoms with E-state index in [-0.39, 0.29) is 0 Å². The number of hydrogen-bond donors (Lipinski definition) is 1. The number of aromatic nitrogens is 6. The Morgan fingerprint density at radius 1 is 1.41 bits per heavy atom. The van der Waals surface area contributed by atoms with Crippen LogP contribution in [0.5, 0.6) is 6.01 Å². The average Bonchev–Trinajstić information content (AvgIpc) is 3.07. The summed E-state index contributed by atoms with van der Waals surface area (Å²) in [5.41, 5.74) is 1.39. The summed E-state index contributed by atoms with van der Waals surface area (Å²) in [5, 5.41) is 15.1. The molecule has 1 aromatic carbocycles. The third kappa shape index (κ3) is 2.48. The van der Waals surface area contributed by atoms with Gasteiger partial charge in [0.15, 0.2) is 5.82 Å². The van der Waals surface area contributed by atoms with Crippen molar-refractivity contribution < 1.29 is 9.26 Å². The molecule has 112 valence electrons. The minimum Gasteiger partial charge on any atom is -0.462 e. The van der Waals surface area contributed by atoms with Gasteiger partial charge in [-0.05, 0) is 41.3 Å². The zero-order valence-corrected chi connectivity index (χ0v) is 11.5. The molecule has 1 fully saturated rings. The second kappa shape index (κ2) is 5.10. The molecule has 0 radical (unpaired) electrons. The maximum Gasteiger partial charge on any atom is 0.439 e. The van der Waals surface area contributed by atoms with Gasteiger partial charge in [-0.15, -0.1) is 0 Å². The highest BCUT2D eigenvalue weighted by Gasteiger charge is 2.23. The molecular formula is C13H12N6O3. The van der Waals surface area contributed by atoms with Crippen molar-refractivity contribution in [3.8, 4) is 23.1 Å². The predicted molar refractivity (Wildman–Crippen MR) is 73.5 cm³/mol. The van der Waals surface area contributed by atoms with Crippen LogP contribution >= 0.6 is 0 Å². The van der Waals surface area contributed by atoms with Crippen molar-refractivity contribution in [3.05, 3.63) is 34.8 Å². The summed E-state index contributed by atoms with van der Waals surface area (Å²) in [6, 6.07) is 7.57. The Labute approximate surface area is 123 Å². The molecule has 0 bridgehead atoms. The van der Waals surface area contributed by atoms with Crippen LogP contribution in [0, 0.1) is 5.92 Å². The van der Waals surface area contributed by atoms with E-state index in [4.69, 9.17) is 4.74 Å². The quantitative estimate of drug-likeness (QED) is 0.741. The molecule has 9 heteroatoms. The molecule has 0 unspecified atom stereocenters. The lowest BCUT2D eigenvalue weighted by atomic mass is 10.2. The van der Waals surface area contributed by atoms with Gasteiger partial charge in [-0.3, -0.25) is 9.51 Å². The highest BCUT2D eigenvalue weighted by Crippen LogP contribution is 2.29. The van der Waals surface area contributed by atoms with Crippen molar-refractivity contribution in [1.29, 1.82) is 0 Å². The SMILES string of the molecule is O=c1[nH]c(-c2cccc(-n3nnnc3OCC3CC3)c2)no1. The molecule has 2 aromatic heterocycles. The van der Waals surface area contributed by atoms with E-state index in [1.807, 2.05) is 12.1 Å². The van der Waals surface area contributed by atoms with Crippen LogP contribution in [0.1, 0.15) is 12.8 Å². The Bertz CT molecular complexity index is 847. The van der Waals surface area contributed by atoms with Gasteiger partial charge in [-0.1, -0.05) is 22.4 Å². The first-order valence-electron chi connectivity index (χ1n) is 6.87. The fraction of sp³-hybridized carbons (Fsp3) is 0.308. The number of rotatable bonds is 5. The van der Waals surface area contributed by atoms with Crippen molar-refractivity contribution in [2.45, 2.75) is 12.8 Å². The summed E-state index contributed by atoms with van der Waals surface area (Å²) >= 11 is 0. The van der Waals surface area contributed by atoms with Crippen molar-refractivity contribution in [1.82, 2.24) is 30.3 Å². The van der Waals surface area contributed by atoms with Crippen molar-refractivity contribution in [2.75, 3.05) is 6.61 Å². The van der Waals surface area contributed by atoms with E-state index in [0.717, 1.165) is 0 Å². The lowest BCUT2D eigenvalue weighted by Crippen LogP contribution is -2.06. The van der Waals surface area contributed by atoms with E-state index >= 15 is 0 Å². The summed E-state index contributed by atoms with van der Waals surface area (Å²) in [7, 11) is 0. The van der Waals surface area contributed by atoms with Crippen LogP contribution in [0.4, 0.5) is 0 Å². The third-order valence-corrected chi connectivity index (χ3v) is 3.39. The number of H-pyrrole nitrogens is 1. The fourth-order valence-electron chi connectivity index (χ4n) is 2.05. The summed E-state index contributed by atoms with van der Waals surface area (Å²) in [6.45, 7) is 0.622. The number of benzene rings is 1. The Hall–Kier alpha value is -2.97. The highest BCUT2D eigenvalue weighted by atomic mass is 16.5. The van der Waals surface area contributed by atoms with E-state index in [0.29, 0.717) is 35.6 Å².